The Morgan fingerprint density at radius 1 is 1.00 bits per heavy atom. The van der Waals surface area contributed by atoms with Gasteiger partial charge in [0.15, 0.2) is 6.10 Å². The summed E-state index contributed by atoms with van der Waals surface area (Å²) in [6.07, 6.45) is 0.462. The summed E-state index contributed by atoms with van der Waals surface area (Å²) in [5, 5.41) is 3.52. The molecule has 9 nitrogen and oxygen atoms in total. The number of amides is 2. The van der Waals surface area contributed by atoms with Crippen molar-refractivity contribution in [2.45, 2.75) is 24.9 Å². The average molecular weight is 541 g/mol. The van der Waals surface area contributed by atoms with Gasteiger partial charge in [0.05, 0.1) is 30.5 Å². The minimum Gasteiger partial charge on any atom is -0.497 e. The molecule has 0 unspecified atom stereocenters. The number of hydrogen-bond donors (Lipinski definition) is 1. The Bertz CT molecular complexity index is 1610. The molecule has 2 atom stereocenters. The number of carbonyl (C=O) groups excluding carboxylic acids is 2. The molecule has 4 aromatic rings. The highest BCUT2D eigenvalue weighted by molar-refractivity contribution is 5.97. The summed E-state index contributed by atoms with van der Waals surface area (Å²) in [7, 11) is 1.57. The molecule has 2 aliphatic rings. The number of fused-ring (bicyclic) bond motifs is 3. The van der Waals surface area contributed by atoms with Gasteiger partial charge in [-0.25, -0.2) is 4.79 Å². The lowest BCUT2D eigenvalue weighted by Crippen LogP contribution is -2.35. The molecular formula is C31H28N2O7. The van der Waals surface area contributed by atoms with Crippen molar-refractivity contribution in [2.24, 2.45) is 0 Å². The van der Waals surface area contributed by atoms with Crippen molar-refractivity contribution >= 4 is 28.5 Å². The van der Waals surface area contributed by atoms with E-state index in [0.29, 0.717) is 64.6 Å². The molecule has 1 fully saturated rings. The SMILES string of the molecule is COc1ccc(NC(=O)[C@@H]2Oc3c(c(=O)oc4ccccc34)[C@H]2c2ccc(OCCN3CCCC3=O)cc2)cc1. The second-order valence-corrected chi connectivity index (χ2v) is 9.76. The summed E-state index contributed by atoms with van der Waals surface area (Å²) in [4.78, 5) is 40.4. The van der Waals surface area contributed by atoms with Crippen LogP contribution in [0.2, 0.25) is 0 Å². The Kier molecular flexibility index (Phi) is 6.86. The summed E-state index contributed by atoms with van der Waals surface area (Å²) >= 11 is 0. The van der Waals surface area contributed by atoms with Crippen LogP contribution in [0.15, 0.2) is 82.0 Å². The van der Waals surface area contributed by atoms with Gasteiger partial charge in [0.25, 0.3) is 5.91 Å². The van der Waals surface area contributed by atoms with Crippen LogP contribution in [0.25, 0.3) is 11.0 Å². The van der Waals surface area contributed by atoms with E-state index in [1.807, 2.05) is 18.2 Å². The zero-order chi connectivity index (χ0) is 27.6. The van der Waals surface area contributed by atoms with Crippen LogP contribution in [0.1, 0.15) is 29.9 Å². The summed E-state index contributed by atoms with van der Waals surface area (Å²) in [5.41, 5.74) is 1.42. The zero-order valence-electron chi connectivity index (χ0n) is 21.9. The van der Waals surface area contributed by atoms with Crippen molar-refractivity contribution in [1.82, 2.24) is 4.90 Å². The molecule has 1 N–H and O–H groups in total. The highest BCUT2D eigenvalue weighted by atomic mass is 16.5. The summed E-state index contributed by atoms with van der Waals surface area (Å²) in [5.74, 6) is 0.695. The lowest BCUT2D eigenvalue weighted by atomic mass is 9.88. The predicted octanol–water partition coefficient (Wildman–Crippen LogP) is 4.33. The van der Waals surface area contributed by atoms with Crippen LogP contribution in [-0.4, -0.2) is 49.6 Å². The number of likely N-dealkylation sites (tertiary alicyclic amines) is 1. The fourth-order valence-corrected chi connectivity index (χ4v) is 5.30. The number of carbonyl (C=O) groups is 2. The van der Waals surface area contributed by atoms with Crippen molar-refractivity contribution < 1.29 is 28.2 Å². The van der Waals surface area contributed by atoms with Gasteiger partial charge in [0, 0.05) is 18.7 Å². The number of ether oxygens (including phenoxy) is 3. The van der Waals surface area contributed by atoms with Gasteiger partial charge in [-0.15, -0.1) is 0 Å². The van der Waals surface area contributed by atoms with E-state index in [1.165, 1.54) is 0 Å². The first-order valence-corrected chi connectivity index (χ1v) is 13.2. The van der Waals surface area contributed by atoms with E-state index in [-0.39, 0.29) is 5.91 Å². The molecule has 9 heteroatoms. The molecule has 2 amide bonds. The minimum atomic E-state index is -1.02. The number of methoxy groups -OCH3 is 1. The minimum absolute atomic E-state index is 0.157. The van der Waals surface area contributed by atoms with E-state index < -0.39 is 23.6 Å². The van der Waals surface area contributed by atoms with Crippen molar-refractivity contribution in [2.75, 3.05) is 32.1 Å². The molecule has 0 radical (unpaired) electrons. The Hall–Kier alpha value is -4.79. The van der Waals surface area contributed by atoms with Crippen molar-refractivity contribution in [3.63, 3.8) is 0 Å². The van der Waals surface area contributed by atoms with Crippen molar-refractivity contribution in [3.05, 3.63) is 94.3 Å². The van der Waals surface area contributed by atoms with E-state index in [4.69, 9.17) is 18.6 Å². The number of benzene rings is 3. The van der Waals surface area contributed by atoms with E-state index >= 15 is 0 Å². The molecule has 3 heterocycles. The van der Waals surface area contributed by atoms with Crippen molar-refractivity contribution in [3.8, 4) is 17.2 Å². The fourth-order valence-electron chi connectivity index (χ4n) is 5.30. The van der Waals surface area contributed by atoms with Crippen LogP contribution in [-0.2, 0) is 9.59 Å². The van der Waals surface area contributed by atoms with Gasteiger partial charge in [-0.2, -0.15) is 0 Å². The van der Waals surface area contributed by atoms with Crippen LogP contribution >= 0.6 is 0 Å². The molecule has 0 aliphatic carbocycles. The van der Waals surface area contributed by atoms with Gasteiger partial charge in [-0.3, -0.25) is 9.59 Å². The number of anilines is 1. The zero-order valence-corrected chi connectivity index (χ0v) is 21.9. The normalized spacial score (nSPS) is 17.9. The molecule has 0 saturated carbocycles. The third-order valence-electron chi connectivity index (χ3n) is 7.31. The molecule has 6 rings (SSSR count). The molecular weight excluding hydrogens is 512 g/mol. The molecule has 204 valence electrons. The molecule has 1 saturated heterocycles. The smallest absolute Gasteiger partial charge is 0.344 e. The number of rotatable bonds is 8. The van der Waals surface area contributed by atoms with Crippen molar-refractivity contribution in [1.29, 1.82) is 0 Å². The number of nitrogens with one attached hydrogen (secondary N) is 1. The highest BCUT2D eigenvalue weighted by Gasteiger charge is 2.44. The maximum Gasteiger partial charge on any atom is 0.344 e. The summed E-state index contributed by atoms with van der Waals surface area (Å²) in [6, 6.07) is 21.3. The second kappa shape index (κ2) is 10.8. The third kappa shape index (κ3) is 4.86. The van der Waals surface area contributed by atoms with Gasteiger partial charge in [0.1, 0.15) is 29.4 Å². The first kappa shape index (κ1) is 25.5. The molecule has 3 aromatic carbocycles. The van der Waals surface area contributed by atoms with E-state index in [0.717, 1.165) is 13.0 Å². The van der Waals surface area contributed by atoms with Crippen LogP contribution in [0.5, 0.6) is 17.2 Å². The third-order valence-corrected chi connectivity index (χ3v) is 7.31. The van der Waals surface area contributed by atoms with Gasteiger partial charge in [0.2, 0.25) is 5.91 Å². The standard InChI is InChI=1S/C31H28N2O7/c1-37-21-14-10-20(11-15-21)32-30(35)29-26(27-28(40-29)23-5-2-3-6-24(23)39-31(27)36)19-8-12-22(13-9-19)38-18-17-33-16-4-7-25(33)34/h2-3,5-6,8-15,26,29H,4,7,16-18H2,1H3,(H,32,35)/t26-,29-/m1/s1. The molecule has 0 spiro atoms. The number of para-hydroxylation sites is 1. The van der Waals surface area contributed by atoms with Gasteiger partial charge >= 0.3 is 5.63 Å². The lowest BCUT2D eigenvalue weighted by Gasteiger charge is -2.19. The fraction of sp³-hybridized carbons (Fsp3) is 0.258. The largest absolute Gasteiger partial charge is 0.497 e. The topological polar surface area (TPSA) is 107 Å². The van der Waals surface area contributed by atoms with Gasteiger partial charge in [-0.1, -0.05) is 24.3 Å². The van der Waals surface area contributed by atoms with Crippen LogP contribution in [0.3, 0.4) is 0 Å². The Labute approximate surface area is 230 Å². The predicted molar refractivity (Wildman–Crippen MR) is 148 cm³/mol. The van der Waals surface area contributed by atoms with E-state index in [9.17, 15) is 14.4 Å². The van der Waals surface area contributed by atoms with Gasteiger partial charge in [-0.05, 0) is 60.5 Å². The first-order chi connectivity index (χ1) is 19.5. The van der Waals surface area contributed by atoms with Crippen LogP contribution in [0.4, 0.5) is 5.69 Å². The Balaban J connectivity index is 1.29. The highest BCUT2D eigenvalue weighted by Crippen LogP contribution is 2.44. The van der Waals surface area contributed by atoms with E-state index in [2.05, 4.69) is 5.32 Å². The molecule has 2 aliphatic heterocycles. The van der Waals surface area contributed by atoms with Gasteiger partial charge < -0.3 is 28.8 Å². The van der Waals surface area contributed by atoms with Crippen LogP contribution in [0, 0.1) is 0 Å². The maximum atomic E-state index is 13.6. The Morgan fingerprint density at radius 3 is 2.48 bits per heavy atom. The number of nitrogens with zero attached hydrogens (tertiary/aromatic N) is 1. The molecule has 0 bridgehead atoms. The number of hydrogen-bond acceptors (Lipinski definition) is 7. The lowest BCUT2D eigenvalue weighted by molar-refractivity contribution is -0.128. The summed E-state index contributed by atoms with van der Waals surface area (Å²) < 4.78 is 22.9. The molecule has 1 aromatic heterocycles. The second-order valence-electron chi connectivity index (χ2n) is 9.76. The first-order valence-electron chi connectivity index (χ1n) is 13.2. The average Bonchev–Trinajstić information content (AvgIpc) is 3.58. The van der Waals surface area contributed by atoms with Crippen LogP contribution < -0.4 is 25.2 Å². The monoisotopic (exact) mass is 540 g/mol. The maximum absolute atomic E-state index is 13.6. The summed E-state index contributed by atoms with van der Waals surface area (Å²) in [6.45, 7) is 1.68. The molecule has 40 heavy (non-hydrogen) atoms. The van der Waals surface area contributed by atoms with E-state index in [1.54, 1.807) is 66.6 Å². The Morgan fingerprint density at radius 2 is 1.75 bits per heavy atom. The quantitative estimate of drug-likeness (QED) is 0.332.